The molecule has 1 heterocycles. The van der Waals surface area contributed by atoms with Crippen molar-refractivity contribution in [3.63, 3.8) is 0 Å². The third-order valence-corrected chi connectivity index (χ3v) is 4.67. The van der Waals surface area contributed by atoms with E-state index < -0.39 is 0 Å². The lowest BCUT2D eigenvalue weighted by atomic mass is 10.1. The molecule has 120 valence electrons. The molecule has 2 fully saturated rings. The predicted octanol–water partition coefficient (Wildman–Crippen LogP) is 2.79. The van der Waals surface area contributed by atoms with Gasteiger partial charge in [-0.1, -0.05) is 31.0 Å². The van der Waals surface area contributed by atoms with Gasteiger partial charge in [-0.3, -0.25) is 4.79 Å². The maximum atomic E-state index is 12.5. The summed E-state index contributed by atoms with van der Waals surface area (Å²) in [6.45, 7) is 4.52. The molecular weight excluding hydrogens is 278 g/mol. The van der Waals surface area contributed by atoms with Crippen LogP contribution >= 0.6 is 0 Å². The molecule has 0 spiro atoms. The average molecular weight is 303 g/mol. The number of carbonyl (C=O) groups excluding carboxylic acids is 1. The zero-order valence-corrected chi connectivity index (χ0v) is 13.3. The molecule has 22 heavy (non-hydrogen) atoms. The van der Waals surface area contributed by atoms with Gasteiger partial charge in [0.1, 0.15) is 18.5 Å². The first-order chi connectivity index (χ1) is 10.7. The molecule has 4 heteroatoms. The molecule has 0 N–H and O–H groups in total. The summed E-state index contributed by atoms with van der Waals surface area (Å²) in [7, 11) is 0. The third-order valence-electron chi connectivity index (χ3n) is 4.67. The van der Waals surface area contributed by atoms with Crippen LogP contribution in [-0.4, -0.2) is 43.2 Å². The normalized spacial score (nSPS) is 22.8. The minimum absolute atomic E-state index is 0.0290. The fourth-order valence-corrected chi connectivity index (χ4v) is 3.35. The second kappa shape index (κ2) is 7.14. The second-order valence-corrected chi connectivity index (χ2v) is 6.33. The van der Waals surface area contributed by atoms with Gasteiger partial charge in [0, 0.05) is 12.5 Å². The number of amides is 1. The number of nitrogens with zero attached hydrogens (tertiary/aromatic N) is 1. The van der Waals surface area contributed by atoms with Crippen molar-refractivity contribution in [2.45, 2.75) is 38.7 Å². The SMILES string of the molecule is Cc1ccccc1OCC1CN(C(=O)C2CCCC2)CCO1. The molecule has 1 aliphatic heterocycles. The Balaban J connectivity index is 1.52. The molecule has 1 aromatic rings. The van der Waals surface area contributed by atoms with Crippen molar-refractivity contribution < 1.29 is 14.3 Å². The van der Waals surface area contributed by atoms with E-state index in [1.165, 1.54) is 12.8 Å². The Morgan fingerprint density at radius 1 is 1.32 bits per heavy atom. The highest BCUT2D eigenvalue weighted by molar-refractivity contribution is 5.79. The van der Waals surface area contributed by atoms with E-state index in [4.69, 9.17) is 9.47 Å². The molecule has 4 nitrogen and oxygen atoms in total. The van der Waals surface area contributed by atoms with E-state index in [0.29, 0.717) is 25.7 Å². The van der Waals surface area contributed by atoms with E-state index in [1.54, 1.807) is 0 Å². The third kappa shape index (κ3) is 3.61. The van der Waals surface area contributed by atoms with E-state index in [1.807, 2.05) is 36.1 Å². The first-order valence-electron chi connectivity index (χ1n) is 8.33. The van der Waals surface area contributed by atoms with Crippen molar-refractivity contribution in [2.75, 3.05) is 26.3 Å². The van der Waals surface area contributed by atoms with E-state index in [-0.39, 0.29) is 12.0 Å². The maximum absolute atomic E-state index is 12.5. The number of aryl methyl sites for hydroxylation is 1. The lowest BCUT2D eigenvalue weighted by Gasteiger charge is -2.34. The van der Waals surface area contributed by atoms with Crippen LogP contribution in [0, 0.1) is 12.8 Å². The Bertz CT molecular complexity index is 511. The van der Waals surface area contributed by atoms with Crippen molar-refractivity contribution in [1.82, 2.24) is 4.90 Å². The summed E-state index contributed by atoms with van der Waals surface area (Å²) in [5.41, 5.74) is 1.12. The molecule has 2 aliphatic rings. The quantitative estimate of drug-likeness (QED) is 0.858. The minimum atomic E-state index is -0.0290. The number of morpholine rings is 1. The van der Waals surface area contributed by atoms with Crippen LogP contribution in [0.15, 0.2) is 24.3 Å². The summed E-state index contributed by atoms with van der Waals surface area (Å²) in [5, 5.41) is 0. The topological polar surface area (TPSA) is 38.8 Å². The van der Waals surface area contributed by atoms with Crippen molar-refractivity contribution in [2.24, 2.45) is 5.92 Å². The summed E-state index contributed by atoms with van der Waals surface area (Å²) >= 11 is 0. The van der Waals surface area contributed by atoms with Crippen molar-refractivity contribution in [3.8, 4) is 5.75 Å². The van der Waals surface area contributed by atoms with Gasteiger partial charge in [-0.2, -0.15) is 0 Å². The zero-order valence-electron chi connectivity index (χ0n) is 13.3. The second-order valence-electron chi connectivity index (χ2n) is 6.33. The fraction of sp³-hybridized carbons (Fsp3) is 0.611. The monoisotopic (exact) mass is 303 g/mol. The van der Waals surface area contributed by atoms with Gasteiger partial charge in [0.05, 0.1) is 13.2 Å². The highest BCUT2D eigenvalue weighted by Gasteiger charge is 2.31. The van der Waals surface area contributed by atoms with Crippen molar-refractivity contribution in [3.05, 3.63) is 29.8 Å². The van der Waals surface area contributed by atoms with Gasteiger partial charge in [-0.25, -0.2) is 0 Å². The molecule has 3 rings (SSSR count). The van der Waals surface area contributed by atoms with E-state index >= 15 is 0 Å². The highest BCUT2D eigenvalue weighted by Crippen LogP contribution is 2.27. The molecule has 1 unspecified atom stereocenters. The van der Waals surface area contributed by atoms with Crippen LogP contribution in [0.5, 0.6) is 5.75 Å². The van der Waals surface area contributed by atoms with Gasteiger partial charge in [0.25, 0.3) is 0 Å². The van der Waals surface area contributed by atoms with Gasteiger partial charge in [-0.15, -0.1) is 0 Å². The van der Waals surface area contributed by atoms with Crippen LogP contribution in [0.25, 0.3) is 0 Å². The number of hydrogen-bond acceptors (Lipinski definition) is 3. The molecule has 0 bridgehead atoms. The highest BCUT2D eigenvalue weighted by atomic mass is 16.5. The predicted molar refractivity (Wildman–Crippen MR) is 85.0 cm³/mol. The van der Waals surface area contributed by atoms with E-state index in [0.717, 1.165) is 30.7 Å². The van der Waals surface area contributed by atoms with Gasteiger partial charge in [0.2, 0.25) is 5.91 Å². The number of rotatable bonds is 4. The smallest absolute Gasteiger partial charge is 0.225 e. The largest absolute Gasteiger partial charge is 0.491 e. The molecule has 1 saturated heterocycles. The Kier molecular flexibility index (Phi) is 4.98. The summed E-state index contributed by atoms with van der Waals surface area (Å²) in [6.07, 6.45) is 4.47. The standard InChI is InChI=1S/C18H25NO3/c1-14-6-2-5-9-17(14)22-13-16-12-19(10-11-21-16)18(20)15-7-3-4-8-15/h2,5-6,9,15-16H,3-4,7-8,10-13H2,1H3. The molecule has 1 aromatic carbocycles. The van der Waals surface area contributed by atoms with Crippen LogP contribution in [-0.2, 0) is 9.53 Å². The van der Waals surface area contributed by atoms with Crippen LogP contribution in [0.2, 0.25) is 0 Å². The summed E-state index contributed by atoms with van der Waals surface area (Å²) in [4.78, 5) is 14.5. The fourth-order valence-electron chi connectivity index (χ4n) is 3.35. The van der Waals surface area contributed by atoms with Gasteiger partial charge < -0.3 is 14.4 Å². The zero-order chi connectivity index (χ0) is 15.4. The summed E-state index contributed by atoms with van der Waals surface area (Å²) in [6, 6.07) is 7.98. The Morgan fingerprint density at radius 3 is 2.86 bits per heavy atom. The Morgan fingerprint density at radius 2 is 2.09 bits per heavy atom. The first-order valence-corrected chi connectivity index (χ1v) is 8.33. The maximum Gasteiger partial charge on any atom is 0.225 e. The number of para-hydroxylation sites is 1. The van der Waals surface area contributed by atoms with Crippen molar-refractivity contribution >= 4 is 5.91 Å². The van der Waals surface area contributed by atoms with E-state index in [9.17, 15) is 4.79 Å². The van der Waals surface area contributed by atoms with Crippen LogP contribution in [0.1, 0.15) is 31.2 Å². The van der Waals surface area contributed by atoms with Crippen LogP contribution < -0.4 is 4.74 Å². The number of carbonyl (C=O) groups is 1. The number of benzene rings is 1. The lowest BCUT2D eigenvalue weighted by molar-refractivity contribution is -0.144. The average Bonchev–Trinajstić information content (AvgIpc) is 3.08. The number of ether oxygens (including phenoxy) is 2. The molecule has 1 atom stereocenters. The number of hydrogen-bond donors (Lipinski definition) is 0. The molecule has 1 saturated carbocycles. The molecule has 0 aromatic heterocycles. The lowest BCUT2D eigenvalue weighted by Crippen LogP contribution is -2.49. The molecule has 0 radical (unpaired) electrons. The van der Waals surface area contributed by atoms with Gasteiger partial charge in [0.15, 0.2) is 0 Å². The van der Waals surface area contributed by atoms with Crippen LogP contribution in [0.4, 0.5) is 0 Å². The van der Waals surface area contributed by atoms with Gasteiger partial charge in [-0.05, 0) is 31.4 Å². The van der Waals surface area contributed by atoms with E-state index in [2.05, 4.69) is 0 Å². The molecular formula is C18H25NO3. The van der Waals surface area contributed by atoms with Crippen LogP contribution in [0.3, 0.4) is 0 Å². The Hall–Kier alpha value is -1.55. The Labute approximate surface area is 132 Å². The first kappa shape index (κ1) is 15.3. The molecule has 1 amide bonds. The summed E-state index contributed by atoms with van der Waals surface area (Å²) in [5.74, 6) is 1.46. The summed E-state index contributed by atoms with van der Waals surface area (Å²) < 4.78 is 11.6. The van der Waals surface area contributed by atoms with Gasteiger partial charge >= 0.3 is 0 Å². The minimum Gasteiger partial charge on any atom is -0.491 e. The molecule has 1 aliphatic carbocycles. The van der Waals surface area contributed by atoms with Crippen molar-refractivity contribution in [1.29, 1.82) is 0 Å².